The Kier molecular flexibility index (Phi) is 4.51. The molecule has 1 aliphatic heterocycles. The molecule has 0 bridgehead atoms. The molecular weight excluding hydrogens is 377 g/mol. The van der Waals surface area contributed by atoms with Gasteiger partial charge in [0.1, 0.15) is 0 Å². The average Bonchev–Trinajstić information content (AvgIpc) is 2.43. The van der Waals surface area contributed by atoms with E-state index in [2.05, 4.69) is 45.5 Å². The van der Waals surface area contributed by atoms with Crippen molar-refractivity contribution in [3.05, 3.63) is 62.0 Å². The Hall–Kier alpha value is -0.350. The van der Waals surface area contributed by atoms with Gasteiger partial charge in [-0.1, -0.05) is 63.4 Å². The molecule has 1 atom stereocenters. The third-order valence-electron chi connectivity index (χ3n) is 3.30. The number of fused-ring (bicyclic) bond motifs is 1. The van der Waals surface area contributed by atoms with E-state index in [1.54, 1.807) is 0 Å². The zero-order valence-corrected chi connectivity index (χ0v) is 14.4. The second-order valence-electron chi connectivity index (χ2n) is 4.66. The highest BCUT2D eigenvalue weighted by molar-refractivity contribution is 9.10. The number of rotatable bonds is 2. The summed E-state index contributed by atoms with van der Waals surface area (Å²) in [6.45, 7) is 0. The summed E-state index contributed by atoms with van der Waals surface area (Å²) in [6.07, 6.45) is 0. The average molecular weight is 389 g/mol. The molecular formula is C15H12BrCl2NS. The highest BCUT2D eigenvalue weighted by atomic mass is 79.9. The van der Waals surface area contributed by atoms with Crippen LogP contribution in [0.2, 0.25) is 10.0 Å². The number of hydrogen-bond acceptors (Lipinski definition) is 2. The van der Waals surface area contributed by atoms with Gasteiger partial charge >= 0.3 is 0 Å². The smallest absolute Gasteiger partial charge is 0.0724 e. The second kappa shape index (κ2) is 6.18. The molecule has 0 aromatic heterocycles. The van der Waals surface area contributed by atoms with Crippen molar-refractivity contribution < 1.29 is 0 Å². The van der Waals surface area contributed by atoms with Gasteiger partial charge in [-0.3, -0.25) is 0 Å². The summed E-state index contributed by atoms with van der Waals surface area (Å²) in [5.41, 5.74) is 3.52. The van der Waals surface area contributed by atoms with Gasteiger partial charge in [0, 0.05) is 16.0 Å². The summed E-state index contributed by atoms with van der Waals surface area (Å²) in [5, 5.41) is 4.77. The number of halogens is 3. The Morgan fingerprint density at radius 1 is 1.15 bits per heavy atom. The van der Waals surface area contributed by atoms with Crippen molar-refractivity contribution in [1.82, 2.24) is 0 Å². The van der Waals surface area contributed by atoms with E-state index in [4.69, 9.17) is 23.2 Å². The molecule has 0 saturated heterocycles. The van der Waals surface area contributed by atoms with Crippen molar-refractivity contribution in [1.29, 1.82) is 0 Å². The second-order valence-corrected chi connectivity index (χ2v) is 7.42. The third-order valence-corrected chi connectivity index (χ3v) is 5.44. The van der Waals surface area contributed by atoms with E-state index < -0.39 is 0 Å². The van der Waals surface area contributed by atoms with Crippen molar-refractivity contribution in [2.45, 2.75) is 11.8 Å². The fourth-order valence-electron chi connectivity index (χ4n) is 2.36. The number of hydrogen-bond donors (Lipinski definition) is 1. The minimum Gasteiger partial charge on any atom is -0.375 e. The minimum absolute atomic E-state index is 0.237. The van der Waals surface area contributed by atoms with Crippen LogP contribution in [0.5, 0.6) is 0 Å². The molecule has 1 heterocycles. The summed E-state index contributed by atoms with van der Waals surface area (Å²) < 4.78 is 0.886. The van der Waals surface area contributed by atoms with Crippen LogP contribution in [0, 0.1) is 0 Å². The van der Waals surface area contributed by atoms with Gasteiger partial charge in [0.25, 0.3) is 0 Å². The van der Waals surface area contributed by atoms with Gasteiger partial charge in [-0.2, -0.15) is 11.8 Å². The van der Waals surface area contributed by atoms with Crippen molar-refractivity contribution in [2.24, 2.45) is 0 Å². The van der Waals surface area contributed by atoms with E-state index in [0.717, 1.165) is 21.7 Å². The van der Waals surface area contributed by atoms with Crippen molar-refractivity contribution >= 4 is 56.6 Å². The van der Waals surface area contributed by atoms with Gasteiger partial charge in [-0.25, -0.2) is 0 Å². The number of nitrogens with one attached hydrogen (secondary N) is 1. The largest absolute Gasteiger partial charge is 0.375 e. The SMILES string of the molecule is Clc1cc(Br)cc(Cl)c1NC1CSCc2ccccc21. The molecule has 5 heteroatoms. The van der Waals surface area contributed by atoms with Crippen LogP contribution in [-0.2, 0) is 5.75 Å². The summed E-state index contributed by atoms with van der Waals surface area (Å²) in [7, 11) is 0. The van der Waals surface area contributed by atoms with Gasteiger partial charge < -0.3 is 5.32 Å². The first kappa shape index (κ1) is 14.6. The maximum Gasteiger partial charge on any atom is 0.0724 e. The number of anilines is 1. The van der Waals surface area contributed by atoms with E-state index in [1.807, 2.05) is 23.9 Å². The van der Waals surface area contributed by atoms with Crippen LogP contribution in [-0.4, -0.2) is 5.75 Å². The lowest BCUT2D eigenvalue weighted by Gasteiger charge is -2.27. The lowest BCUT2D eigenvalue weighted by molar-refractivity contribution is 0.871. The van der Waals surface area contributed by atoms with Crippen LogP contribution >= 0.6 is 50.9 Å². The van der Waals surface area contributed by atoms with E-state index in [-0.39, 0.29) is 6.04 Å². The predicted octanol–water partition coefficient (Wildman–Crippen LogP) is 6.16. The molecule has 0 radical (unpaired) electrons. The Bertz CT molecular complexity index is 625. The van der Waals surface area contributed by atoms with Crippen molar-refractivity contribution in [3.8, 4) is 0 Å². The maximum absolute atomic E-state index is 6.30. The van der Waals surface area contributed by atoms with E-state index in [1.165, 1.54) is 11.1 Å². The standard InChI is InChI=1S/C15H12BrCl2NS/c16-10-5-12(17)15(13(18)6-10)19-14-8-20-7-9-3-1-2-4-11(9)14/h1-6,14,19H,7-8H2. The Balaban J connectivity index is 1.94. The summed E-state index contributed by atoms with van der Waals surface area (Å²) in [5.74, 6) is 2.08. The van der Waals surface area contributed by atoms with Crippen LogP contribution in [0.3, 0.4) is 0 Å². The molecule has 104 valence electrons. The lowest BCUT2D eigenvalue weighted by Crippen LogP contribution is -2.19. The van der Waals surface area contributed by atoms with Gasteiger partial charge in [-0.05, 0) is 23.3 Å². The molecule has 1 aliphatic rings. The van der Waals surface area contributed by atoms with Gasteiger partial charge in [0.05, 0.1) is 21.8 Å². The predicted molar refractivity (Wildman–Crippen MR) is 93.1 cm³/mol. The molecule has 0 amide bonds. The molecule has 20 heavy (non-hydrogen) atoms. The molecule has 0 aliphatic carbocycles. The summed E-state index contributed by atoms with van der Waals surface area (Å²) in [6, 6.07) is 12.5. The first-order chi connectivity index (χ1) is 9.65. The Labute approximate surface area is 141 Å². The fraction of sp³-hybridized carbons (Fsp3) is 0.200. The van der Waals surface area contributed by atoms with E-state index in [0.29, 0.717) is 10.0 Å². The molecule has 0 fully saturated rings. The molecule has 0 spiro atoms. The number of thioether (sulfide) groups is 1. The fourth-order valence-corrected chi connectivity index (χ4v) is 4.77. The first-order valence-electron chi connectivity index (χ1n) is 6.22. The zero-order valence-electron chi connectivity index (χ0n) is 10.5. The van der Waals surface area contributed by atoms with Crippen LogP contribution in [0.25, 0.3) is 0 Å². The van der Waals surface area contributed by atoms with Crippen molar-refractivity contribution in [3.63, 3.8) is 0 Å². The third kappa shape index (κ3) is 2.96. The van der Waals surface area contributed by atoms with Crippen LogP contribution in [0.1, 0.15) is 17.2 Å². The summed E-state index contributed by atoms with van der Waals surface area (Å²) >= 11 is 17.9. The van der Waals surface area contributed by atoms with Crippen LogP contribution < -0.4 is 5.32 Å². The normalized spacial score (nSPS) is 17.6. The van der Waals surface area contributed by atoms with E-state index in [9.17, 15) is 0 Å². The minimum atomic E-state index is 0.237. The van der Waals surface area contributed by atoms with Gasteiger partial charge in [0.15, 0.2) is 0 Å². The molecule has 0 saturated carbocycles. The lowest BCUT2D eigenvalue weighted by atomic mass is 10.0. The molecule has 2 aromatic carbocycles. The van der Waals surface area contributed by atoms with Gasteiger partial charge in [-0.15, -0.1) is 0 Å². The Morgan fingerprint density at radius 2 is 1.85 bits per heavy atom. The van der Waals surface area contributed by atoms with Crippen LogP contribution in [0.15, 0.2) is 40.9 Å². The van der Waals surface area contributed by atoms with Gasteiger partial charge in [0.2, 0.25) is 0 Å². The number of benzene rings is 2. The molecule has 2 aromatic rings. The summed E-state index contributed by atoms with van der Waals surface area (Å²) in [4.78, 5) is 0. The monoisotopic (exact) mass is 387 g/mol. The van der Waals surface area contributed by atoms with E-state index >= 15 is 0 Å². The van der Waals surface area contributed by atoms with Crippen molar-refractivity contribution in [2.75, 3.05) is 11.1 Å². The molecule has 1 nitrogen and oxygen atoms in total. The highest BCUT2D eigenvalue weighted by Crippen LogP contribution is 2.39. The zero-order chi connectivity index (χ0) is 14.1. The maximum atomic E-state index is 6.30. The topological polar surface area (TPSA) is 12.0 Å². The van der Waals surface area contributed by atoms with Crippen LogP contribution in [0.4, 0.5) is 5.69 Å². The first-order valence-corrected chi connectivity index (χ1v) is 8.92. The highest BCUT2D eigenvalue weighted by Gasteiger charge is 2.21. The molecule has 3 rings (SSSR count). The Morgan fingerprint density at radius 3 is 2.60 bits per heavy atom. The molecule has 1 N–H and O–H groups in total. The molecule has 1 unspecified atom stereocenters. The quantitative estimate of drug-likeness (QED) is 0.661.